The van der Waals surface area contributed by atoms with Crippen molar-refractivity contribution >= 4 is 16.8 Å². The monoisotopic (exact) mass is 346 g/mol. The molecule has 0 saturated carbocycles. The van der Waals surface area contributed by atoms with Crippen molar-refractivity contribution in [3.8, 4) is 0 Å². The Morgan fingerprint density at radius 2 is 1.67 bits per heavy atom. The highest BCUT2D eigenvalue weighted by Gasteiger charge is 2.06. The first kappa shape index (κ1) is 18.2. The number of carbonyl (C=O) groups is 1. The number of amides is 2. The standard InChI is InChI=1S/C18H22N2O3S/c1-23-14-16-8-6-5-7-15(16)13-20-18(21)19-11-12-24(22)17-9-3-2-4-10-17/h2-10H,11-14H2,1H3,(H2,19,20,21). The van der Waals surface area contributed by atoms with E-state index in [1.54, 1.807) is 7.11 Å². The van der Waals surface area contributed by atoms with Gasteiger partial charge in [0.2, 0.25) is 0 Å². The molecular weight excluding hydrogens is 324 g/mol. The lowest BCUT2D eigenvalue weighted by molar-refractivity contribution is 0.184. The highest BCUT2D eigenvalue weighted by atomic mass is 32.2. The second kappa shape index (κ2) is 9.85. The van der Waals surface area contributed by atoms with E-state index in [-0.39, 0.29) is 6.03 Å². The minimum Gasteiger partial charge on any atom is -0.380 e. The molecule has 0 fully saturated rings. The normalized spacial score (nSPS) is 11.7. The van der Waals surface area contributed by atoms with Crippen molar-refractivity contribution in [1.82, 2.24) is 10.6 Å². The van der Waals surface area contributed by atoms with Crippen LogP contribution in [0.4, 0.5) is 4.79 Å². The van der Waals surface area contributed by atoms with Gasteiger partial charge in [0.25, 0.3) is 0 Å². The van der Waals surface area contributed by atoms with Gasteiger partial charge in [0.05, 0.1) is 17.4 Å². The Bertz CT molecular complexity index is 677. The number of methoxy groups -OCH3 is 1. The lowest BCUT2D eigenvalue weighted by Crippen LogP contribution is -2.37. The highest BCUT2D eigenvalue weighted by Crippen LogP contribution is 2.09. The maximum absolute atomic E-state index is 12.0. The van der Waals surface area contributed by atoms with Crippen LogP contribution in [0.3, 0.4) is 0 Å². The Morgan fingerprint density at radius 3 is 2.38 bits per heavy atom. The lowest BCUT2D eigenvalue weighted by Gasteiger charge is -2.11. The highest BCUT2D eigenvalue weighted by molar-refractivity contribution is 7.85. The molecule has 0 spiro atoms. The van der Waals surface area contributed by atoms with Gasteiger partial charge in [-0.1, -0.05) is 42.5 Å². The van der Waals surface area contributed by atoms with Gasteiger partial charge in [-0.25, -0.2) is 4.79 Å². The van der Waals surface area contributed by atoms with Gasteiger partial charge >= 0.3 is 6.03 Å². The third-order valence-corrected chi connectivity index (χ3v) is 4.81. The molecule has 1 atom stereocenters. The SMILES string of the molecule is COCc1ccccc1CNC(=O)NCCS(=O)c1ccccc1. The van der Waals surface area contributed by atoms with Gasteiger partial charge in [-0.3, -0.25) is 4.21 Å². The first-order valence-corrected chi connectivity index (χ1v) is 9.03. The zero-order chi connectivity index (χ0) is 17.2. The van der Waals surface area contributed by atoms with Crippen LogP contribution in [0.1, 0.15) is 11.1 Å². The Labute approximate surface area is 144 Å². The lowest BCUT2D eigenvalue weighted by atomic mass is 10.1. The van der Waals surface area contributed by atoms with Crippen molar-refractivity contribution in [2.75, 3.05) is 19.4 Å². The van der Waals surface area contributed by atoms with E-state index in [1.807, 2.05) is 54.6 Å². The fraction of sp³-hybridized carbons (Fsp3) is 0.278. The van der Waals surface area contributed by atoms with E-state index in [1.165, 1.54) is 0 Å². The number of ether oxygens (including phenoxy) is 1. The molecule has 0 heterocycles. The van der Waals surface area contributed by atoms with Crippen LogP contribution in [-0.4, -0.2) is 29.6 Å². The summed E-state index contributed by atoms with van der Waals surface area (Å²) < 4.78 is 17.2. The van der Waals surface area contributed by atoms with Crippen molar-refractivity contribution in [3.63, 3.8) is 0 Å². The molecule has 2 aromatic rings. The van der Waals surface area contributed by atoms with Crippen LogP contribution < -0.4 is 10.6 Å². The third-order valence-electron chi connectivity index (χ3n) is 3.44. The van der Waals surface area contributed by atoms with E-state index in [2.05, 4.69) is 10.6 Å². The van der Waals surface area contributed by atoms with Crippen LogP contribution in [0.2, 0.25) is 0 Å². The first-order chi connectivity index (χ1) is 11.7. The number of urea groups is 1. The van der Waals surface area contributed by atoms with E-state index in [4.69, 9.17) is 4.74 Å². The molecule has 2 aromatic carbocycles. The molecule has 24 heavy (non-hydrogen) atoms. The largest absolute Gasteiger partial charge is 0.380 e. The molecule has 128 valence electrons. The van der Waals surface area contributed by atoms with E-state index < -0.39 is 10.8 Å². The first-order valence-electron chi connectivity index (χ1n) is 7.71. The number of rotatable bonds is 8. The van der Waals surface area contributed by atoms with E-state index in [9.17, 15) is 9.00 Å². The summed E-state index contributed by atoms with van der Waals surface area (Å²) in [5, 5.41) is 5.54. The molecular formula is C18H22N2O3S. The van der Waals surface area contributed by atoms with Crippen LogP contribution in [0, 0.1) is 0 Å². The predicted octanol–water partition coefficient (Wildman–Crippen LogP) is 2.44. The van der Waals surface area contributed by atoms with Gasteiger partial charge in [0, 0.05) is 30.8 Å². The molecule has 2 rings (SSSR count). The van der Waals surface area contributed by atoms with Gasteiger partial charge < -0.3 is 15.4 Å². The fourth-order valence-electron chi connectivity index (χ4n) is 2.21. The average molecular weight is 346 g/mol. The maximum Gasteiger partial charge on any atom is 0.315 e. The van der Waals surface area contributed by atoms with E-state index in [0.29, 0.717) is 25.4 Å². The minimum atomic E-state index is -1.11. The number of hydrogen-bond acceptors (Lipinski definition) is 3. The molecule has 0 aromatic heterocycles. The quantitative estimate of drug-likeness (QED) is 0.771. The smallest absolute Gasteiger partial charge is 0.315 e. The van der Waals surface area contributed by atoms with Crippen LogP contribution in [0.15, 0.2) is 59.5 Å². The molecule has 0 aliphatic rings. The number of carbonyl (C=O) groups excluding carboxylic acids is 1. The Hall–Kier alpha value is -2.18. The summed E-state index contributed by atoms with van der Waals surface area (Å²) in [7, 11) is 0.538. The van der Waals surface area contributed by atoms with Gasteiger partial charge in [-0.05, 0) is 23.3 Å². The molecule has 0 aliphatic heterocycles. The van der Waals surface area contributed by atoms with Crippen molar-refractivity contribution < 1.29 is 13.7 Å². The summed E-state index contributed by atoms with van der Waals surface area (Å²) in [4.78, 5) is 12.6. The molecule has 0 aliphatic carbocycles. The Balaban J connectivity index is 1.73. The summed E-state index contributed by atoms with van der Waals surface area (Å²) in [6, 6.07) is 16.8. The molecule has 0 radical (unpaired) electrons. The third kappa shape index (κ3) is 5.79. The average Bonchev–Trinajstić information content (AvgIpc) is 2.62. The molecule has 5 nitrogen and oxygen atoms in total. The number of nitrogens with one attached hydrogen (secondary N) is 2. The van der Waals surface area contributed by atoms with Crippen molar-refractivity contribution in [1.29, 1.82) is 0 Å². The summed E-state index contributed by atoms with van der Waals surface area (Å²) in [6.45, 7) is 1.29. The van der Waals surface area contributed by atoms with Crippen molar-refractivity contribution in [3.05, 3.63) is 65.7 Å². The van der Waals surface area contributed by atoms with E-state index >= 15 is 0 Å². The summed E-state index contributed by atoms with van der Waals surface area (Å²) in [5.41, 5.74) is 2.06. The molecule has 1 unspecified atom stereocenters. The van der Waals surface area contributed by atoms with Crippen molar-refractivity contribution in [2.24, 2.45) is 0 Å². The zero-order valence-electron chi connectivity index (χ0n) is 13.7. The predicted molar refractivity (Wildman–Crippen MR) is 95.1 cm³/mol. The molecule has 0 bridgehead atoms. The van der Waals surface area contributed by atoms with E-state index in [0.717, 1.165) is 16.0 Å². The Kier molecular flexibility index (Phi) is 7.45. The zero-order valence-corrected chi connectivity index (χ0v) is 14.5. The van der Waals surface area contributed by atoms with Crippen LogP contribution >= 0.6 is 0 Å². The van der Waals surface area contributed by atoms with Gasteiger partial charge in [0.15, 0.2) is 0 Å². The van der Waals surface area contributed by atoms with Crippen LogP contribution in [-0.2, 0) is 28.7 Å². The molecule has 6 heteroatoms. The number of benzene rings is 2. The molecule has 2 N–H and O–H groups in total. The van der Waals surface area contributed by atoms with Gasteiger partial charge in [0.1, 0.15) is 0 Å². The summed E-state index contributed by atoms with van der Waals surface area (Å²) >= 11 is 0. The Morgan fingerprint density at radius 1 is 1.00 bits per heavy atom. The van der Waals surface area contributed by atoms with Gasteiger partial charge in [-0.2, -0.15) is 0 Å². The summed E-state index contributed by atoms with van der Waals surface area (Å²) in [5.74, 6) is 0.387. The fourth-order valence-corrected chi connectivity index (χ4v) is 3.20. The van der Waals surface area contributed by atoms with Crippen LogP contribution in [0.5, 0.6) is 0 Å². The van der Waals surface area contributed by atoms with Crippen LogP contribution in [0.25, 0.3) is 0 Å². The second-order valence-corrected chi connectivity index (χ2v) is 6.74. The topological polar surface area (TPSA) is 67.4 Å². The maximum atomic E-state index is 12.0. The molecule has 2 amide bonds. The van der Waals surface area contributed by atoms with Gasteiger partial charge in [-0.15, -0.1) is 0 Å². The van der Waals surface area contributed by atoms with Crippen molar-refractivity contribution in [2.45, 2.75) is 18.0 Å². The number of hydrogen-bond donors (Lipinski definition) is 2. The molecule has 0 saturated heterocycles. The minimum absolute atomic E-state index is 0.271. The second-order valence-electron chi connectivity index (χ2n) is 5.17. The summed E-state index contributed by atoms with van der Waals surface area (Å²) in [6.07, 6.45) is 0.